The fraction of sp³-hybridized carbons (Fsp3) is 0.500. The zero-order chi connectivity index (χ0) is 19.0. The molecule has 8 heteroatoms. The number of rotatable bonds is 8. The van der Waals surface area contributed by atoms with Crippen molar-refractivity contribution < 1.29 is 19.1 Å². The smallest absolute Gasteiger partial charge is 0.328 e. The number of hydrogen-bond acceptors (Lipinski definition) is 5. The Morgan fingerprint density at radius 3 is 2.12 bits per heavy atom. The van der Waals surface area contributed by atoms with Gasteiger partial charge in [0.25, 0.3) is 0 Å². The molecule has 26 heavy (non-hydrogen) atoms. The van der Waals surface area contributed by atoms with Crippen LogP contribution in [0.25, 0.3) is 0 Å². The zero-order valence-corrected chi connectivity index (χ0v) is 16.3. The molecule has 3 atom stereocenters. The Hall–Kier alpha value is -2.12. The van der Waals surface area contributed by atoms with Gasteiger partial charge in [-0.15, -0.1) is 12.4 Å². The Morgan fingerprint density at radius 2 is 1.62 bits per heavy atom. The number of esters is 1. The molecule has 0 saturated heterocycles. The highest BCUT2D eigenvalue weighted by atomic mass is 35.5. The van der Waals surface area contributed by atoms with Crippen molar-refractivity contribution in [2.24, 2.45) is 11.7 Å². The second-order valence-corrected chi connectivity index (χ2v) is 6.27. The van der Waals surface area contributed by atoms with E-state index in [9.17, 15) is 14.4 Å². The highest BCUT2D eigenvalue weighted by molar-refractivity contribution is 5.92. The predicted octanol–water partition coefficient (Wildman–Crippen LogP) is 0.797. The first-order chi connectivity index (χ1) is 11.8. The van der Waals surface area contributed by atoms with E-state index in [1.54, 1.807) is 0 Å². The van der Waals surface area contributed by atoms with Gasteiger partial charge in [-0.2, -0.15) is 0 Å². The molecule has 0 heterocycles. The average molecular weight is 386 g/mol. The lowest BCUT2D eigenvalue weighted by Gasteiger charge is -2.23. The van der Waals surface area contributed by atoms with Gasteiger partial charge in [0.1, 0.15) is 12.1 Å². The molecule has 0 aliphatic carbocycles. The molecule has 0 saturated carbocycles. The number of halogens is 1. The molecular weight excluding hydrogens is 358 g/mol. The van der Waals surface area contributed by atoms with Gasteiger partial charge in [0.05, 0.1) is 13.2 Å². The summed E-state index contributed by atoms with van der Waals surface area (Å²) in [5.41, 5.74) is 6.74. The molecule has 0 spiro atoms. The summed E-state index contributed by atoms with van der Waals surface area (Å²) < 4.78 is 4.60. The second-order valence-electron chi connectivity index (χ2n) is 6.27. The van der Waals surface area contributed by atoms with E-state index < -0.39 is 35.9 Å². The van der Waals surface area contributed by atoms with Gasteiger partial charge in [0.2, 0.25) is 11.8 Å². The number of methoxy groups -OCH3 is 1. The van der Waals surface area contributed by atoms with Crippen molar-refractivity contribution in [2.75, 3.05) is 7.11 Å². The van der Waals surface area contributed by atoms with Crippen LogP contribution in [0.1, 0.15) is 26.3 Å². The molecule has 0 radical (unpaired) electrons. The number of amides is 2. The third-order valence-corrected chi connectivity index (χ3v) is 3.85. The summed E-state index contributed by atoms with van der Waals surface area (Å²) in [5, 5.41) is 5.24. The monoisotopic (exact) mass is 385 g/mol. The van der Waals surface area contributed by atoms with E-state index in [-0.39, 0.29) is 24.7 Å². The molecule has 0 aromatic heterocycles. The molecule has 0 aliphatic heterocycles. The van der Waals surface area contributed by atoms with Crippen LogP contribution in [0.2, 0.25) is 0 Å². The van der Waals surface area contributed by atoms with E-state index in [0.29, 0.717) is 0 Å². The lowest BCUT2D eigenvalue weighted by molar-refractivity contribution is -0.144. The first kappa shape index (κ1) is 23.9. The maximum absolute atomic E-state index is 12.5. The summed E-state index contributed by atoms with van der Waals surface area (Å²) >= 11 is 0. The van der Waals surface area contributed by atoms with E-state index >= 15 is 0 Å². The fourth-order valence-corrected chi connectivity index (χ4v) is 2.18. The van der Waals surface area contributed by atoms with E-state index in [4.69, 9.17) is 5.73 Å². The minimum absolute atomic E-state index is 0. The predicted molar refractivity (Wildman–Crippen MR) is 102 cm³/mol. The van der Waals surface area contributed by atoms with Crippen LogP contribution in [-0.2, 0) is 25.5 Å². The summed E-state index contributed by atoms with van der Waals surface area (Å²) in [5.74, 6) is -1.49. The van der Waals surface area contributed by atoms with E-state index in [2.05, 4.69) is 15.4 Å². The maximum Gasteiger partial charge on any atom is 0.328 e. The first-order valence-electron chi connectivity index (χ1n) is 8.24. The molecule has 0 bridgehead atoms. The lowest BCUT2D eigenvalue weighted by atomic mass is 10.0. The van der Waals surface area contributed by atoms with Gasteiger partial charge in [-0.05, 0) is 18.4 Å². The minimum Gasteiger partial charge on any atom is -0.467 e. The number of ether oxygens (including phenoxy) is 1. The Balaban J connectivity index is 0.00000625. The third kappa shape index (κ3) is 7.41. The highest BCUT2D eigenvalue weighted by Crippen LogP contribution is 2.06. The highest BCUT2D eigenvalue weighted by Gasteiger charge is 2.27. The van der Waals surface area contributed by atoms with Gasteiger partial charge in [-0.3, -0.25) is 9.59 Å². The number of carbonyl (C=O) groups excluding carboxylic acids is 3. The van der Waals surface area contributed by atoms with Gasteiger partial charge in [-0.1, -0.05) is 44.2 Å². The molecule has 146 valence electrons. The molecule has 1 rings (SSSR count). The van der Waals surface area contributed by atoms with Crippen LogP contribution in [-0.4, -0.2) is 43.0 Å². The minimum atomic E-state index is -0.841. The van der Waals surface area contributed by atoms with Crippen molar-refractivity contribution in [1.82, 2.24) is 10.6 Å². The number of benzene rings is 1. The third-order valence-electron chi connectivity index (χ3n) is 3.85. The Kier molecular flexibility index (Phi) is 10.6. The quantitative estimate of drug-likeness (QED) is 0.573. The molecular formula is C18H28ClN3O4. The summed E-state index contributed by atoms with van der Waals surface area (Å²) in [6.45, 7) is 5.18. The molecule has 1 aromatic rings. The number of nitrogens with one attached hydrogen (secondary N) is 2. The van der Waals surface area contributed by atoms with Crippen LogP contribution >= 0.6 is 12.4 Å². The fourth-order valence-electron chi connectivity index (χ4n) is 2.18. The topological polar surface area (TPSA) is 111 Å². The molecule has 0 unspecified atom stereocenters. The van der Waals surface area contributed by atoms with Crippen molar-refractivity contribution in [3.8, 4) is 0 Å². The second kappa shape index (κ2) is 11.5. The van der Waals surface area contributed by atoms with Crippen molar-refractivity contribution in [2.45, 2.75) is 45.3 Å². The van der Waals surface area contributed by atoms with Crippen LogP contribution in [0.5, 0.6) is 0 Å². The van der Waals surface area contributed by atoms with Gasteiger partial charge >= 0.3 is 5.97 Å². The van der Waals surface area contributed by atoms with Crippen LogP contribution < -0.4 is 16.4 Å². The Bertz CT molecular complexity index is 595. The maximum atomic E-state index is 12.5. The SMILES string of the molecule is COC(=O)[C@H](C)NC(=O)[C@H](Cc1ccccc1)NC(=O)[C@@H](N)C(C)C.Cl. The molecule has 7 nitrogen and oxygen atoms in total. The summed E-state index contributed by atoms with van der Waals surface area (Å²) in [4.78, 5) is 36.3. The van der Waals surface area contributed by atoms with Crippen molar-refractivity contribution in [1.29, 1.82) is 0 Å². The van der Waals surface area contributed by atoms with Crippen molar-refractivity contribution in [3.63, 3.8) is 0 Å². The number of carbonyl (C=O) groups is 3. The van der Waals surface area contributed by atoms with Crippen LogP contribution in [0.15, 0.2) is 30.3 Å². The average Bonchev–Trinajstić information content (AvgIpc) is 2.60. The van der Waals surface area contributed by atoms with Crippen molar-refractivity contribution in [3.05, 3.63) is 35.9 Å². The standard InChI is InChI=1S/C18H27N3O4.ClH/c1-11(2)15(19)17(23)21-14(10-13-8-6-5-7-9-13)16(22)20-12(3)18(24)25-4;/h5-9,11-12,14-15H,10,19H2,1-4H3,(H,20,22)(H,21,23);1H/t12-,14-,15-;/m0./s1. The van der Waals surface area contributed by atoms with Gasteiger partial charge in [-0.25, -0.2) is 4.79 Å². The van der Waals surface area contributed by atoms with Crippen LogP contribution in [0.4, 0.5) is 0 Å². The van der Waals surface area contributed by atoms with Gasteiger partial charge < -0.3 is 21.1 Å². The molecule has 1 aromatic carbocycles. The summed E-state index contributed by atoms with van der Waals surface area (Å²) in [6.07, 6.45) is 0.289. The zero-order valence-electron chi connectivity index (χ0n) is 15.5. The molecule has 0 aliphatic rings. The largest absolute Gasteiger partial charge is 0.467 e. The number of hydrogen-bond donors (Lipinski definition) is 3. The summed E-state index contributed by atoms with van der Waals surface area (Å²) in [6, 6.07) is 6.91. The van der Waals surface area contributed by atoms with Gasteiger partial charge in [0.15, 0.2) is 0 Å². The van der Waals surface area contributed by atoms with E-state index in [1.807, 2.05) is 44.2 Å². The first-order valence-corrected chi connectivity index (χ1v) is 8.24. The Morgan fingerprint density at radius 1 is 1.04 bits per heavy atom. The lowest BCUT2D eigenvalue weighted by Crippen LogP contribution is -2.55. The van der Waals surface area contributed by atoms with E-state index in [0.717, 1.165) is 5.56 Å². The molecule has 0 fully saturated rings. The normalized spacial score (nSPS) is 13.8. The summed E-state index contributed by atoms with van der Waals surface area (Å²) in [7, 11) is 1.25. The van der Waals surface area contributed by atoms with E-state index in [1.165, 1.54) is 14.0 Å². The van der Waals surface area contributed by atoms with Crippen molar-refractivity contribution >= 4 is 30.2 Å². The van der Waals surface area contributed by atoms with Gasteiger partial charge in [0, 0.05) is 6.42 Å². The Labute approximate surface area is 160 Å². The molecule has 2 amide bonds. The van der Waals surface area contributed by atoms with Crippen LogP contribution in [0.3, 0.4) is 0 Å². The number of nitrogens with two attached hydrogens (primary N) is 1. The van der Waals surface area contributed by atoms with Crippen LogP contribution in [0, 0.1) is 5.92 Å². The molecule has 4 N–H and O–H groups in total.